The smallest absolute Gasteiger partial charge is 0.0640 e. The minimum Gasteiger partial charge on any atom is -0.294 e. The second-order valence-corrected chi connectivity index (χ2v) is 9.36. The second kappa shape index (κ2) is 9.16. The largest absolute Gasteiger partial charge is 0.294 e. The molecule has 1 unspecified atom stereocenters. The lowest BCUT2D eigenvalue weighted by molar-refractivity contribution is 0.135. The first-order valence-electron chi connectivity index (χ1n) is 11.0. The molecule has 0 N–H and O–H groups in total. The summed E-state index contributed by atoms with van der Waals surface area (Å²) in [5, 5.41) is 1.18. The molecule has 1 atom stereocenters. The third kappa shape index (κ3) is 4.30. The van der Waals surface area contributed by atoms with E-state index in [9.17, 15) is 0 Å². The molecule has 2 bridgehead atoms. The summed E-state index contributed by atoms with van der Waals surface area (Å²) < 4.78 is 0. The van der Waals surface area contributed by atoms with Crippen molar-refractivity contribution in [1.29, 1.82) is 0 Å². The van der Waals surface area contributed by atoms with Gasteiger partial charge in [0.25, 0.3) is 0 Å². The number of hydrogen-bond donors (Lipinski definition) is 0. The lowest BCUT2D eigenvalue weighted by atomic mass is 9.72. The molecule has 4 heteroatoms. The van der Waals surface area contributed by atoms with Crippen molar-refractivity contribution >= 4 is 28.9 Å². The maximum atomic E-state index is 6.25. The van der Waals surface area contributed by atoms with E-state index in [2.05, 4.69) is 65.6 Å². The maximum absolute atomic E-state index is 6.25. The van der Waals surface area contributed by atoms with Gasteiger partial charge in [0.1, 0.15) is 0 Å². The van der Waals surface area contributed by atoms with Crippen LogP contribution in [0.5, 0.6) is 0 Å². The quantitative estimate of drug-likeness (QED) is 0.416. The molecule has 3 aliphatic heterocycles. The Morgan fingerprint density at radius 2 is 1.42 bits per heavy atom. The van der Waals surface area contributed by atoms with E-state index in [1.807, 2.05) is 18.2 Å². The third-order valence-corrected chi connectivity index (χ3v) is 7.44. The van der Waals surface area contributed by atoms with Crippen molar-refractivity contribution in [2.45, 2.75) is 31.3 Å². The second-order valence-electron chi connectivity index (χ2n) is 8.54. The first-order chi connectivity index (χ1) is 15.2. The Labute approximate surface area is 194 Å². The molecular weight excluding hydrogens is 423 g/mol. The van der Waals surface area contributed by atoms with Crippen molar-refractivity contribution < 1.29 is 0 Å². The first-order valence-corrected chi connectivity index (χ1v) is 11.8. The molecule has 158 valence electrons. The highest BCUT2D eigenvalue weighted by Gasteiger charge is 2.43. The molecule has 0 amide bonds. The van der Waals surface area contributed by atoms with Crippen LogP contribution in [0.25, 0.3) is 0 Å². The van der Waals surface area contributed by atoms with E-state index in [4.69, 9.17) is 28.2 Å². The van der Waals surface area contributed by atoms with Crippen LogP contribution in [0.4, 0.5) is 0 Å². The van der Waals surface area contributed by atoms with Crippen LogP contribution in [0.1, 0.15) is 35.4 Å². The van der Waals surface area contributed by atoms with Crippen molar-refractivity contribution in [2.75, 3.05) is 13.1 Å². The molecule has 3 aromatic rings. The maximum Gasteiger partial charge on any atom is 0.0640 e. The van der Waals surface area contributed by atoms with Crippen molar-refractivity contribution in [3.8, 4) is 0 Å². The standard InChI is InChI=1S/C27H26Cl2N2/c28-23-12-11-19(17-24(23)29)18-30-26-22-13-15-31(16-14-22)27(26)25(20-7-3-1-4-8-20)21-9-5-2-6-10-21/h1-12,17,22,25,27H,13-16,18H2/b30-26+. The van der Waals surface area contributed by atoms with Gasteiger partial charge < -0.3 is 0 Å². The summed E-state index contributed by atoms with van der Waals surface area (Å²) in [5.41, 5.74) is 5.16. The number of rotatable bonds is 5. The van der Waals surface area contributed by atoms with E-state index in [0.717, 1.165) is 18.7 Å². The Bertz CT molecular complexity index is 1020. The lowest BCUT2D eigenvalue weighted by Gasteiger charge is -2.49. The number of piperidine rings is 3. The van der Waals surface area contributed by atoms with Crippen LogP contribution in [0, 0.1) is 5.92 Å². The topological polar surface area (TPSA) is 15.6 Å². The highest BCUT2D eigenvalue weighted by Crippen LogP contribution is 2.40. The van der Waals surface area contributed by atoms with Crippen LogP contribution >= 0.6 is 23.2 Å². The molecule has 31 heavy (non-hydrogen) atoms. The van der Waals surface area contributed by atoms with E-state index in [1.54, 1.807) is 0 Å². The van der Waals surface area contributed by atoms with E-state index in [0.29, 0.717) is 28.5 Å². The van der Waals surface area contributed by atoms with Gasteiger partial charge in [-0.05, 0) is 54.8 Å². The van der Waals surface area contributed by atoms with Gasteiger partial charge in [-0.25, -0.2) is 0 Å². The molecule has 3 aromatic carbocycles. The van der Waals surface area contributed by atoms with E-state index >= 15 is 0 Å². The molecule has 3 aliphatic rings. The van der Waals surface area contributed by atoms with Crippen LogP contribution < -0.4 is 0 Å². The molecule has 0 radical (unpaired) electrons. The molecule has 6 rings (SSSR count). The van der Waals surface area contributed by atoms with Crippen molar-refractivity contribution in [1.82, 2.24) is 4.90 Å². The fraction of sp³-hybridized carbons (Fsp3) is 0.296. The summed E-state index contributed by atoms with van der Waals surface area (Å²) in [4.78, 5) is 7.88. The Balaban J connectivity index is 1.55. The number of benzene rings is 3. The van der Waals surface area contributed by atoms with Gasteiger partial charge in [-0.3, -0.25) is 9.89 Å². The Morgan fingerprint density at radius 3 is 2.00 bits per heavy atom. The Morgan fingerprint density at radius 1 is 0.806 bits per heavy atom. The number of aliphatic imine (C=N–C) groups is 1. The Kier molecular flexibility index (Phi) is 6.13. The van der Waals surface area contributed by atoms with Gasteiger partial charge in [-0.1, -0.05) is 89.9 Å². The fourth-order valence-electron chi connectivity index (χ4n) is 5.20. The predicted octanol–water partition coefficient (Wildman–Crippen LogP) is 6.86. The van der Waals surface area contributed by atoms with E-state index < -0.39 is 0 Å². The zero-order chi connectivity index (χ0) is 21.2. The zero-order valence-electron chi connectivity index (χ0n) is 17.4. The Hall–Kier alpha value is -2.13. The van der Waals surface area contributed by atoms with Crippen LogP contribution in [0.2, 0.25) is 10.0 Å². The van der Waals surface area contributed by atoms with Gasteiger partial charge >= 0.3 is 0 Å². The molecular formula is C27H26Cl2N2. The van der Waals surface area contributed by atoms with Crippen LogP contribution in [0.15, 0.2) is 83.9 Å². The number of hydrogen-bond acceptors (Lipinski definition) is 2. The average molecular weight is 449 g/mol. The van der Waals surface area contributed by atoms with Gasteiger partial charge in [0.2, 0.25) is 0 Å². The van der Waals surface area contributed by atoms with Gasteiger partial charge in [-0.15, -0.1) is 0 Å². The molecule has 0 aliphatic carbocycles. The van der Waals surface area contributed by atoms with Crippen molar-refractivity contribution in [3.05, 3.63) is 106 Å². The summed E-state index contributed by atoms with van der Waals surface area (Å²) in [7, 11) is 0. The monoisotopic (exact) mass is 448 g/mol. The summed E-state index contributed by atoms with van der Waals surface area (Å²) in [6.45, 7) is 2.94. The van der Waals surface area contributed by atoms with Crippen LogP contribution in [-0.4, -0.2) is 29.7 Å². The van der Waals surface area contributed by atoms with E-state index in [-0.39, 0.29) is 5.92 Å². The minimum absolute atomic E-state index is 0.276. The third-order valence-electron chi connectivity index (χ3n) is 6.71. The molecule has 2 nitrogen and oxygen atoms in total. The van der Waals surface area contributed by atoms with Gasteiger partial charge in [0.15, 0.2) is 0 Å². The zero-order valence-corrected chi connectivity index (χ0v) is 18.9. The molecule has 0 aromatic heterocycles. The minimum atomic E-state index is 0.276. The average Bonchev–Trinajstić information content (AvgIpc) is 2.83. The number of halogens is 2. The van der Waals surface area contributed by atoms with E-state index in [1.165, 1.54) is 29.7 Å². The molecule has 0 saturated carbocycles. The van der Waals surface area contributed by atoms with Crippen molar-refractivity contribution in [2.24, 2.45) is 10.9 Å². The molecule has 3 heterocycles. The van der Waals surface area contributed by atoms with Gasteiger partial charge in [0.05, 0.1) is 22.6 Å². The van der Waals surface area contributed by atoms with Crippen LogP contribution in [0.3, 0.4) is 0 Å². The summed E-state index contributed by atoms with van der Waals surface area (Å²) in [6.07, 6.45) is 2.40. The normalized spacial score (nSPS) is 24.1. The summed E-state index contributed by atoms with van der Waals surface area (Å²) >= 11 is 12.4. The fourth-order valence-corrected chi connectivity index (χ4v) is 5.53. The summed E-state index contributed by atoms with van der Waals surface area (Å²) in [6, 6.07) is 28.0. The van der Waals surface area contributed by atoms with Crippen molar-refractivity contribution in [3.63, 3.8) is 0 Å². The highest BCUT2D eigenvalue weighted by atomic mass is 35.5. The van der Waals surface area contributed by atoms with Crippen LogP contribution in [-0.2, 0) is 6.54 Å². The lowest BCUT2D eigenvalue weighted by Crippen LogP contribution is -2.58. The van der Waals surface area contributed by atoms with Gasteiger partial charge in [-0.2, -0.15) is 0 Å². The first kappa shape index (κ1) is 20.8. The molecule has 0 spiro atoms. The predicted molar refractivity (Wildman–Crippen MR) is 130 cm³/mol. The molecule has 3 saturated heterocycles. The SMILES string of the molecule is Clc1ccc(C/N=C2\C3CCN(CC3)C2C(c2ccccc2)c2ccccc2)cc1Cl. The summed E-state index contributed by atoms with van der Waals surface area (Å²) in [5.74, 6) is 0.839. The van der Waals surface area contributed by atoms with Gasteiger partial charge in [0, 0.05) is 17.5 Å². The number of fused-ring (bicyclic) bond motifs is 3. The number of nitrogens with zero attached hydrogens (tertiary/aromatic N) is 2. The highest BCUT2D eigenvalue weighted by molar-refractivity contribution is 6.42. The molecule has 3 fully saturated rings.